The van der Waals surface area contributed by atoms with Crippen molar-refractivity contribution in [2.45, 2.75) is 0 Å². The molecular weight excluding hydrogens is 240 g/mol. The Labute approximate surface area is 116 Å². The van der Waals surface area contributed by atoms with Crippen molar-refractivity contribution in [3.63, 3.8) is 0 Å². The van der Waals surface area contributed by atoms with E-state index < -0.39 is 0 Å². The van der Waals surface area contributed by atoms with Crippen LogP contribution in [0.1, 0.15) is 0 Å². The Balaban J connectivity index is 3.03. The molecule has 1 rings (SSSR count). The van der Waals surface area contributed by atoms with Crippen molar-refractivity contribution in [2.24, 2.45) is 0 Å². The Morgan fingerprint density at radius 2 is 1.63 bits per heavy atom. The lowest BCUT2D eigenvalue weighted by Gasteiger charge is -2.25. The van der Waals surface area contributed by atoms with Crippen molar-refractivity contribution in [3.8, 4) is 5.75 Å². The molecule has 0 aliphatic heterocycles. The molecule has 108 valence electrons. The van der Waals surface area contributed by atoms with Crippen LogP contribution >= 0.6 is 0 Å². The molecule has 5 heteroatoms. The third kappa shape index (κ3) is 3.92. The molecule has 0 spiro atoms. The van der Waals surface area contributed by atoms with Crippen molar-refractivity contribution >= 4 is 17.1 Å². The second-order valence-electron chi connectivity index (χ2n) is 4.79. The van der Waals surface area contributed by atoms with Crippen LogP contribution in [0, 0.1) is 0 Å². The Bertz CT molecular complexity index is 407. The molecule has 2 N–H and O–H groups in total. The molecule has 0 saturated heterocycles. The molecule has 0 saturated carbocycles. The van der Waals surface area contributed by atoms with Gasteiger partial charge in [0, 0.05) is 40.3 Å². The van der Waals surface area contributed by atoms with E-state index in [9.17, 15) is 0 Å². The molecule has 0 aromatic heterocycles. The molecule has 5 nitrogen and oxygen atoms in total. The average molecular weight is 266 g/mol. The second kappa shape index (κ2) is 7.09. The fraction of sp³-hybridized carbons (Fsp3) is 0.571. The van der Waals surface area contributed by atoms with Crippen molar-refractivity contribution in [1.29, 1.82) is 0 Å². The van der Waals surface area contributed by atoms with Gasteiger partial charge in [0.25, 0.3) is 0 Å². The van der Waals surface area contributed by atoms with Crippen LogP contribution < -0.4 is 20.3 Å². The van der Waals surface area contributed by atoms with E-state index in [4.69, 9.17) is 4.74 Å². The fourth-order valence-corrected chi connectivity index (χ4v) is 1.92. The molecule has 1 aromatic carbocycles. The minimum absolute atomic E-state index is 0.855. The van der Waals surface area contributed by atoms with Gasteiger partial charge in [-0.15, -0.1) is 0 Å². The lowest BCUT2D eigenvalue weighted by molar-refractivity contribution is 0.413. The van der Waals surface area contributed by atoms with E-state index in [1.54, 1.807) is 7.11 Å². The van der Waals surface area contributed by atoms with E-state index in [2.05, 4.69) is 53.7 Å². The zero-order valence-electron chi connectivity index (χ0n) is 12.9. The van der Waals surface area contributed by atoms with Crippen LogP contribution in [0.4, 0.5) is 17.1 Å². The number of anilines is 3. The molecule has 0 amide bonds. The molecule has 0 unspecified atom stereocenters. The van der Waals surface area contributed by atoms with Crippen LogP contribution in [0.25, 0.3) is 0 Å². The van der Waals surface area contributed by atoms with Gasteiger partial charge in [0.1, 0.15) is 5.75 Å². The molecule has 0 aliphatic carbocycles. The van der Waals surface area contributed by atoms with Gasteiger partial charge in [0.15, 0.2) is 0 Å². The number of likely N-dealkylation sites (N-methyl/N-ethyl adjacent to an activating group) is 2. The minimum atomic E-state index is 0.855. The summed E-state index contributed by atoms with van der Waals surface area (Å²) in [5.41, 5.74) is 3.21. The van der Waals surface area contributed by atoms with Gasteiger partial charge >= 0.3 is 0 Å². The number of rotatable bonds is 7. The lowest BCUT2D eigenvalue weighted by Crippen LogP contribution is -2.29. The number of hydrogen-bond donors (Lipinski definition) is 2. The van der Waals surface area contributed by atoms with Gasteiger partial charge in [-0.1, -0.05) is 0 Å². The first-order valence-corrected chi connectivity index (χ1v) is 6.46. The van der Waals surface area contributed by atoms with Crippen molar-refractivity contribution < 1.29 is 4.74 Å². The number of benzene rings is 1. The molecule has 0 radical (unpaired) electrons. The van der Waals surface area contributed by atoms with Crippen LogP contribution in [0.3, 0.4) is 0 Å². The van der Waals surface area contributed by atoms with Gasteiger partial charge in [-0.25, -0.2) is 0 Å². The second-order valence-corrected chi connectivity index (χ2v) is 4.79. The smallest absolute Gasteiger partial charge is 0.144 e. The van der Waals surface area contributed by atoms with E-state index >= 15 is 0 Å². The summed E-state index contributed by atoms with van der Waals surface area (Å²) in [7, 11) is 11.8. The normalized spacial score (nSPS) is 10.5. The Kier molecular flexibility index (Phi) is 5.76. The highest BCUT2D eigenvalue weighted by molar-refractivity contribution is 5.79. The molecule has 0 heterocycles. The van der Waals surface area contributed by atoms with Gasteiger partial charge in [-0.2, -0.15) is 0 Å². The van der Waals surface area contributed by atoms with Crippen molar-refractivity contribution in [1.82, 2.24) is 4.90 Å². The topological polar surface area (TPSA) is 39.8 Å². The first-order chi connectivity index (χ1) is 9.03. The zero-order chi connectivity index (χ0) is 14.4. The van der Waals surface area contributed by atoms with E-state index in [0.717, 1.165) is 35.9 Å². The van der Waals surface area contributed by atoms with E-state index in [0.29, 0.717) is 0 Å². The predicted octanol–water partition coefficient (Wildman–Crippen LogP) is 1.78. The van der Waals surface area contributed by atoms with Gasteiger partial charge in [-0.05, 0) is 20.2 Å². The van der Waals surface area contributed by atoms with Crippen LogP contribution in [-0.2, 0) is 0 Å². The summed E-state index contributed by atoms with van der Waals surface area (Å²) in [6.07, 6.45) is 0. The lowest BCUT2D eigenvalue weighted by atomic mass is 10.2. The number of methoxy groups -OCH3 is 1. The predicted molar refractivity (Wildman–Crippen MR) is 83.9 cm³/mol. The van der Waals surface area contributed by atoms with Gasteiger partial charge in [0.2, 0.25) is 0 Å². The standard InChI is InChI=1S/C14H26N4O/c1-15-11-9-12(16-2)14(19-6)10-13(11)18(5)8-7-17(3)4/h9-10,15-16H,7-8H2,1-6H3. The first kappa shape index (κ1) is 15.4. The summed E-state index contributed by atoms with van der Waals surface area (Å²) in [4.78, 5) is 4.41. The van der Waals surface area contributed by atoms with E-state index in [1.807, 2.05) is 14.1 Å². The Hall–Kier alpha value is -1.62. The maximum absolute atomic E-state index is 5.42. The highest BCUT2D eigenvalue weighted by atomic mass is 16.5. The van der Waals surface area contributed by atoms with Crippen molar-refractivity contribution in [3.05, 3.63) is 12.1 Å². The maximum Gasteiger partial charge on any atom is 0.144 e. The van der Waals surface area contributed by atoms with Gasteiger partial charge in [0.05, 0.1) is 24.2 Å². The summed E-state index contributed by atoms with van der Waals surface area (Å²) in [6.45, 7) is 1.97. The third-order valence-electron chi connectivity index (χ3n) is 3.15. The summed E-state index contributed by atoms with van der Waals surface area (Å²) >= 11 is 0. The van der Waals surface area contributed by atoms with Gasteiger partial charge in [-0.3, -0.25) is 0 Å². The minimum Gasteiger partial charge on any atom is -0.495 e. The molecule has 0 atom stereocenters. The average Bonchev–Trinajstić information content (AvgIpc) is 2.42. The molecule has 19 heavy (non-hydrogen) atoms. The molecule has 0 bridgehead atoms. The molecule has 0 aliphatic rings. The summed E-state index contributed by atoms with van der Waals surface area (Å²) < 4.78 is 5.42. The molecule has 0 fully saturated rings. The highest BCUT2D eigenvalue weighted by Crippen LogP contribution is 2.36. The number of nitrogens with one attached hydrogen (secondary N) is 2. The Morgan fingerprint density at radius 3 is 2.11 bits per heavy atom. The number of nitrogens with zero attached hydrogens (tertiary/aromatic N) is 2. The van der Waals surface area contributed by atoms with Crippen LogP contribution in [0.2, 0.25) is 0 Å². The quantitative estimate of drug-likeness (QED) is 0.787. The third-order valence-corrected chi connectivity index (χ3v) is 3.15. The summed E-state index contributed by atoms with van der Waals surface area (Å²) in [5.74, 6) is 0.855. The SMILES string of the molecule is CNc1cc(NC)c(N(C)CCN(C)C)cc1OC. The van der Waals surface area contributed by atoms with Crippen LogP contribution in [0.5, 0.6) is 5.75 Å². The first-order valence-electron chi connectivity index (χ1n) is 6.46. The van der Waals surface area contributed by atoms with Crippen molar-refractivity contribution in [2.75, 3.05) is 71.0 Å². The van der Waals surface area contributed by atoms with Gasteiger partial charge < -0.3 is 25.2 Å². The summed E-state index contributed by atoms with van der Waals surface area (Å²) in [5, 5.41) is 6.39. The summed E-state index contributed by atoms with van der Waals surface area (Å²) in [6, 6.07) is 4.13. The molecule has 1 aromatic rings. The highest BCUT2D eigenvalue weighted by Gasteiger charge is 2.12. The fourth-order valence-electron chi connectivity index (χ4n) is 1.92. The zero-order valence-corrected chi connectivity index (χ0v) is 12.9. The van der Waals surface area contributed by atoms with Crippen LogP contribution in [0.15, 0.2) is 12.1 Å². The maximum atomic E-state index is 5.42. The largest absolute Gasteiger partial charge is 0.495 e. The number of hydrogen-bond acceptors (Lipinski definition) is 5. The monoisotopic (exact) mass is 266 g/mol. The van der Waals surface area contributed by atoms with E-state index in [-0.39, 0.29) is 0 Å². The molecular formula is C14H26N4O. The van der Waals surface area contributed by atoms with E-state index in [1.165, 1.54) is 0 Å². The number of ether oxygens (including phenoxy) is 1. The Morgan fingerprint density at radius 1 is 1.00 bits per heavy atom. The van der Waals surface area contributed by atoms with Crippen LogP contribution in [-0.4, -0.2) is 60.3 Å².